The van der Waals surface area contributed by atoms with Crippen LogP contribution in [0.4, 0.5) is 0 Å². The van der Waals surface area contributed by atoms with Crippen LogP contribution in [0.2, 0.25) is 0 Å². The molecule has 0 atom stereocenters. The molecule has 1 radical (unpaired) electrons. The minimum Gasteiger partial charge on any atom is -0.0856 e. The standard InChI is InChI=1S/C12H21/c1-6-12(11(4)5)9-7-8-10(2)3/h8H,1,6-7,9H2,2-5H3. The zero-order valence-corrected chi connectivity index (χ0v) is 8.91. The number of hydrogen-bond acceptors (Lipinski definition) is 0. The summed E-state index contributed by atoms with van der Waals surface area (Å²) in [6, 6.07) is 0. The van der Waals surface area contributed by atoms with Gasteiger partial charge in [0, 0.05) is 0 Å². The van der Waals surface area contributed by atoms with E-state index in [2.05, 4.69) is 40.7 Å². The van der Waals surface area contributed by atoms with Crippen molar-refractivity contribution in [2.75, 3.05) is 0 Å². The van der Waals surface area contributed by atoms with Crippen LogP contribution in [0.15, 0.2) is 22.8 Å². The lowest BCUT2D eigenvalue weighted by Gasteiger charge is -2.04. The van der Waals surface area contributed by atoms with E-state index in [-0.39, 0.29) is 0 Å². The summed E-state index contributed by atoms with van der Waals surface area (Å²) in [6.07, 6.45) is 5.59. The van der Waals surface area contributed by atoms with Crippen LogP contribution in [0, 0.1) is 6.92 Å². The molecule has 0 aliphatic rings. The lowest BCUT2D eigenvalue weighted by molar-refractivity contribution is 0.908. The Kier molecular flexibility index (Phi) is 5.79. The average molecular weight is 165 g/mol. The van der Waals surface area contributed by atoms with Crippen LogP contribution in [-0.4, -0.2) is 0 Å². The van der Waals surface area contributed by atoms with E-state index < -0.39 is 0 Å². The molecule has 0 N–H and O–H groups in total. The fourth-order valence-corrected chi connectivity index (χ4v) is 1.16. The SMILES string of the molecule is [CH2]CC(CCC=C(C)C)=C(C)C. The van der Waals surface area contributed by atoms with Crippen LogP contribution in [0.5, 0.6) is 0 Å². The second-order valence-corrected chi connectivity index (χ2v) is 3.67. The van der Waals surface area contributed by atoms with Gasteiger partial charge in [0.15, 0.2) is 0 Å². The van der Waals surface area contributed by atoms with Crippen molar-refractivity contribution in [3.63, 3.8) is 0 Å². The van der Waals surface area contributed by atoms with Crippen molar-refractivity contribution in [1.82, 2.24) is 0 Å². The molecule has 0 nitrogen and oxygen atoms in total. The monoisotopic (exact) mass is 165 g/mol. The predicted octanol–water partition coefficient (Wildman–Crippen LogP) is 4.29. The molecule has 0 unspecified atom stereocenters. The molecule has 0 rings (SSSR count). The smallest absolute Gasteiger partial charge is 0.0283 e. The molecule has 0 saturated heterocycles. The lowest BCUT2D eigenvalue weighted by atomic mass is 10.0. The Labute approximate surface area is 77.4 Å². The number of hydrogen-bond donors (Lipinski definition) is 0. The first-order chi connectivity index (χ1) is 5.57. The molecule has 69 valence electrons. The zero-order chi connectivity index (χ0) is 9.56. The Morgan fingerprint density at radius 1 is 1.17 bits per heavy atom. The van der Waals surface area contributed by atoms with Gasteiger partial charge in [0.05, 0.1) is 0 Å². The van der Waals surface area contributed by atoms with Gasteiger partial charge in [-0.3, -0.25) is 0 Å². The molecule has 0 heteroatoms. The molecule has 0 amide bonds. The molecule has 0 spiro atoms. The maximum Gasteiger partial charge on any atom is -0.0283 e. The van der Waals surface area contributed by atoms with E-state index in [1.54, 1.807) is 0 Å². The lowest BCUT2D eigenvalue weighted by Crippen LogP contribution is -1.84. The Morgan fingerprint density at radius 2 is 1.75 bits per heavy atom. The highest BCUT2D eigenvalue weighted by atomic mass is 14.0. The van der Waals surface area contributed by atoms with Crippen molar-refractivity contribution in [1.29, 1.82) is 0 Å². The summed E-state index contributed by atoms with van der Waals surface area (Å²) >= 11 is 0. The van der Waals surface area contributed by atoms with E-state index in [9.17, 15) is 0 Å². The van der Waals surface area contributed by atoms with E-state index in [1.807, 2.05) is 0 Å². The van der Waals surface area contributed by atoms with Gasteiger partial charge in [0.25, 0.3) is 0 Å². The highest BCUT2D eigenvalue weighted by molar-refractivity contribution is 5.11. The number of allylic oxidation sites excluding steroid dienone is 4. The van der Waals surface area contributed by atoms with E-state index in [4.69, 9.17) is 0 Å². The first-order valence-electron chi connectivity index (χ1n) is 4.65. The molecule has 0 heterocycles. The van der Waals surface area contributed by atoms with Crippen LogP contribution in [0.25, 0.3) is 0 Å². The van der Waals surface area contributed by atoms with Gasteiger partial charge in [0.2, 0.25) is 0 Å². The molecule has 0 aromatic heterocycles. The van der Waals surface area contributed by atoms with Crippen molar-refractivity contribution in [2.45, 2.75) is 47.0 Å². The maximum absolute atomic E-state index is 3.93. The highest BCUT2D eigenvalue weighted by Gasteiger charge is 1.94. The van der Waals surface area contributed by atoms with Crippen LogP contribution >= 0.6 is 0 Å². The summed E-state index contributed by atoms with van der Waals surface area (Å²) in [5, 5.41) is 0. The van der Waals surface area contributed by atoms with Crippen molar-refractivity contribution in [3.8, 4) is 0 Å². The van der Waals surface area contributed by atoms with Crippen molar-refractivity contribution in [2.24, 2.45) is 0 Å². The fourth-order valence-electron chi connectivity index (χ4n) is 1.16. The van der Waals surface area contributed by atoms with Crippen molar-refractivity contribution in [3.05, 3.63) is 29.7 Å². The first kappa shape index (κ1) is 11.5. The highest BCUT2D eigenvalue weighted by Crippen LogP contribution is 2.14. The van der Waals surface area contributed by atoms with E-state index in [1.165, 1.54) is 29.6 Å². The minimum atomic E-state index is 0.957. The Balaban J connectivity index is 3.92. The number of rotatable bonds is 4. The normalized spacial score (nSPS) is 9.42. The second-order valence-electron chi connectivity index (χ2n) is 3.67. The molecule has 0 fully saturated rings. The van der Waals surface area contributed by atoms with Crippen LogP contribution < -0.4 is 0 Å². The summed E-state index contributed by atoms with van der Waals surface area (Å²) in [7, 11) is 0. The van der Waals surface area contributed by atoms with E-state index in [0.29, 0.717) is 0 Å². The summed E-state index contributed by atoms with van der Waals surface area (Å²) < 4.78 is 0. The molecule has 12 heavy (non-hydrogen) atoms. The topological polar surface area (TPSA) is 0 Å². The summed E-state index contributed by atoms with van der Waals surface area (Å²) in [4.78, 5) is 0. The minimum absolute atomic E-state index is 0.957. The second kappa shape index (κ2) is 6.05. The molecule has 0 aromatic carbocycles. The van der Waals surface area contributed by atoms with Gasteiger partial charge in [0.1, 0.15) is 0 Å². The van der Waals surface area contributed by atoms with Crippen LogP contribution in [0.3, 0.4) is 0 Å². The largest absolute Gasteiger partial charge is 0.0856 e. The van der Waals surface area contributed by atoms with Gasteiger partial charge in [-0.05, 0) is 53.9 Å². The molecular formula is C12H21. The van der Waals surface area contributed by atoms with E-state index in [0.717, 1.165) is 6.42 Å². The molecule has 0 aliphatic carbocycles. The van der Waals surface area contributed by atoms with Crippen molar-refractivity contribution < 1.29 is 0 Å². The third-order valence-corrected chi connectivity index (χ3v) is 2.01. The van der Waals surface area contributed by atoms with Crippen LogP contribution in [0.1, 0.15) is 47.0 Å². The van der Waals surface area contributed by atoms with Gasteiger partial charge in [-0.25, -0.2) is 0 Å². The fraction of sp³-hybridized carbons (Fsp3) is 0.583. The summed E-state index contributed by atoms with van der Waals surface area (Å²) in [6.45, 7) is 12.6. The third-order valence-electron chi connectivity index (χ3n) is 2.01. The molecular weight excluding hydrogens is 144 g/mol. The Morgan fingerprint density at radius 3 is 2.08 bits per heavy atom. The summed E-state index contributed by atoms with van der Waals surface area (Å²) in [5.74, 6) is 0. The third kappa shape index (κ3) is 5.17. The molecule has 0 aromatic rings. The zero-order valence-electron chi connectivity index (χ0n) is 8.91. The summed E-state index contributed by atoms with van der Waals surface area (Å²) in [5.41, 5.74) is 4.35. The Hall–Kier alpha value is -0.520. The van der Waals surface area contributed by atoms with Gasteiger partial charge in [-0.15, -0.1) is 0 Å². The molecule has 0 bridgehead atoms. The van der Waals surface area contributed by atoms with Gasteiger partial charge in [-0.2, -0.15) is 0 Å². The molecule has 0 aliphatic heterocycles. The first-order valence-corrected chi connectivity index (χ1v) is 4.65. The van der Waals surface area contributed by atoms with Crippen molar-refractivity contribution >= 4 is 0 Å². The average Bonchev–Trinajstić information content (AvgIpc) is 1.96. The van der Waals surface area contributed by atoms with E-state index >= 15 is 0 Å². The predicted molar refractivity (Wildman–Crippen MR) is 57.0 cm³/mol. The molecule has 0 saturated carbocycles. The van der Waals surface area contributed by atoms with Gasteiger partial charge in [-0.1, -0.05) is 22.8 Å². The van der Waals surface area contributed by atoms with Gasteiger partial charge < -0.3 is 0 Å². The van der Waals surface area contributed by atoms with Gasteiger partial charge >= 0.3 is 0 Å². The quantitative estimate of drug-likeness (QED) is 0.545. The van der Waals surface area contributed by atoms with Crippen LogP contribution in [-0.2, 0) is 0 Å². The maximum atomic E-state index is 3.93. The Bertz CT molecular complexity index is 174.